The van der Waals surface area contributed by atoms with Crippen LogP contribution in [0.2, 0.25) is 0 Å². The summed E-state index contributed by atoms with van der Waals surface area (Å²) in [7, 11) is 0. The molecule has 2 rings (SSSR count). The van der Waals surface area contributed by atoms with Gasteiger partial charge < -0.3 is 5.11 Å². The van der Waals surface area contributed by atoms with E-state index in [9.17, 15) is 5.11 Å². The molecular weight excluding hydrogens is 202 g/mol. The molecule has 4 heteroatoms. The standard InChI is InChI=1S/C12H17N3O/c1-10-2-4-11(5-3-10)13-14-15-8-6-12(16)7-9-15/h2-5,12,16H,6-9H2,1H3. The normalized spacial score (nSPS) is 18.2. The van der Waals surface area contributed by atoms with E-state index in [1.807, 2.05) is 36.2 Å². The van der Waals surface area contributed by atoms with Crippen LogP contribution >= 0.6 is 0 Å². The Labute approximate surface area is 95.6 Å². The SMILES string of the molecule is Cc1ccc(N=NN2CCC(O)CC2)cc1. The van der Waals surface area contributed by atoms with Crippen molar-refractivity contribution in [2.75, 3.05) is 13.1 Å². The van der Waals surface area contributed by atoms with Crippen molar-refractivity contribution in [2.24, 2.45) is 10.3 Å². The first-order valence-corrected chi connectivity index (χ1v) is 5.65. The Bertz CT molecular complexity index is 353. The largest absolute Gasteiger partial charge is 0.393 e. The van der Waals surface area contributed by atoms with Gasteiger partial charge in [-0.05, 0) is 31.9 Å². The van der Waals surface area contributed by atoms with E-state index in [4.69, 9.17) is 0 Å². The fourth-order valence-electron chi connectivity index (χ4n) is 1.67. The number of aliphatic hydroxyl groups is 1. The van der Waals surface area contributed by atoms with E-state index in [-0.39, 0.29) is 6.10 Å². The summed E-state index contributed by atoms with van der Waals surface area (Å²) in [5, 5.41) is 19.6. The smallest absolute Gasteiger partial charge is 0.0874 e. The van der Waals surface area contributed by atoms with E-state index in [1.165, 1.54) is 5.56 Å². The highest BCUT2D eigenvalue weighted by atomic mass is 16.3. The predicted molar refractivity (Wildman–Crippen MR) is 62.5 cm³/mol. The summed E-state index contributed by atoms with van der Waals surface area (Å²) in [6, 6.07) is 7.96. The molecule has 0 saturated carbocycles. The van der Waals surface area contributed by atoms with Crippen LogP contribution in [0.4, 0.5) is 5.69 Å². The van der Waals surface area contributed by atoms with E-state index >= 15 is 0 Å². The zero-order valence-electron chi connectivity index (χ0n) is 9.50. The number of piperidine rings is 1. The van der Waals surface area contributed by atoms with Crippen molar-refractivity contribution in [3.63, 3.8) is 0 Å². The van der Waals surface area contributed by atoms with Gasteiger partial charge in [0.2, 0.25) is 0 Å². The lowest BCUT2D eigenvalue weighted by Gasteiger charge is -2.25. The van der Waals surface area contributed by atoms with Crippen LogP contribution in [0.5, 0.6) is 0 Å². The van der Waals surface area contributed by atoms with E-state index in [2.05, 4.69) is 10.3 Å². The summed E-state index contributed by atoms with van der Waals surface area (Å²) in [6.07, 6.45) is 1.41. The van der Waals surface area contributed by atoms with Gasteiger partial charge in [-0.25, -0.2) is 0 Å². The molecule has 1 aliphatic rings. The van der Waals surface area contributed by atoms with Crippen LogP contribution in [-0.2, 0) is 0 Å². The van der Waals surface area contributed by atoms with Gasteiger partial charge in [0.15, 0.2) is 0 Å². The Kier molecular flexibility index (Phi) is 3.51. The molecule has 1 aromatic rings. The third-order valence-electron chi connectivity index (χ3n) is 2.76. The molecule has 86 valence electrons. The minimum Gasteiger partial charge on any atom is -0.393 e. The van der Waals surface area contributed by atoms with Gasteiger partial charge in [-0.15, -0.1) is 5.11 Å². The Morgan fingerprint density at radius 1 is 1.19 bits per heavy atom. The van der Waals surface area contributed by atoms with Gasteiger partial charge >= 0.3 is 0 Å². The molecule has 1 saturated heterocycles. The van der Waals surface area contributed by atoms with Crippen LogP contribution in [0.15, 0.2) is 34.6 Å². The predicted octanol–water partition coefficient (Wildman–Crippen LogP) is 2.45. The fraction of sp³-hybridized carbons (Fsp3) is 0.500. The van der Waals surface area contributed by atoms with Crippen molar-refractivity contribution >= 4 is 5.69 Å². The highest BCUT2D eigenvalue weighted by molar-refractivity contribution is 5.37. The lowest BCUT2D eigenvalue weighted by molar-refractivity contribution is 0.0804. The van der Waals surface area contributed by atoms with Crippen molar-refractivity contribution in [3.05, 3.63) is 29.8 Å². The molecule has 0 atom stereocenters. The molecule has 0 bridgehead atoms. The third-order valence-corrected chi connectivity index (χ3v) is 2.76. The number of benzene rings is 1. The van der Waals surface area contributed by atoms with E-state index in [0.717, 1.165) is 31.6 Å². The maximum atomic E-state index is 9.34. The molecule has 0 aromatic heterocycles. The molecule has 1 aliphatic heterocycles. The molecule has 4 nitrogen and oxygen atoms in total. The van der Waals surface area contributed by atoms with Gasteiger partial charge in [0, 0.05) is 13.1 Å². The van der Waals surface area contributed by atoms with Gasteiger partial charge in [-0.1, -0.05) is 22.9 Å². The second kappa shape index (κ2) is 5.07. The van der Waals surface area contributed by atoms with Gasteiger partial charge in [-0.3, -0.25) is 5.01 Å². The van der Waals surface area contributed by atoms with Crippen LogP contribution in [-0.4, -0.2) is 29.3 Å². The first-order chi connectivity index (χ1) is 7.74. The Hall–Kier alpha value is -1.42. The molecule has 0 amide bonds. The van der Waals surface area contributed by atoms with Crippen LogP contribution < -0.4 is 0 Å². The lowest BCUT2D eigenvalue weighted by Crippen LogP contribution is -2.31. The number of nitrogens with zero attached hydrogens (tertiary/aromatic N) is 3. The highest BCUT2D eigenvalue weighted by Crippen LogP contribution is 2.15. The molecular formula is C12H17N3O. The van der Waals surface area contributed by atoms with Gasteiger partial charge in [0.25, 0.3) is 0 Å². The molecule has 16 heavy (non-hydrogen) atoms. The average molecular weight is 219 g/mol. The second-order valence-electron chi connectivity index (χ2n) is 4.21. The average Bonchev–Trinajstić information content (AvgIpc) is 2.30. The van der Waals surface area contributed by atoms with Crippen molar-refractivity contribution < 1.29 is 5.11 Å². The van der Waals surface area contributed by atoms with Gasteiger partial charge in [0.05, 0.1) is 11.8 Å². The number of aliphatic hydroxyl groups excluding tert-OH is 1. The zero-order valence-corrected chi connectivity index (χ0v) is 9.50. The molecule has 1 N–H and O–H groups in total. The van der Waals surface area contributed by atoms with Crippen molar-refractivity contribution in [3.8, 4) is 0 Å². The molecule has 1 aromatic carbocycles. The van der Waals surface area contributed by atoms with Crippen LogP contribution in [0.3, 0.4) is 0 Å². The van der Waals surface area contributed by atoms with Gasteiger partial charge in [-0.2, -0.15) is 0 Å². The first kappa shape index (κ1) is 11.1. The van der Waals surface area contributed by atoms with Gasteiger partial charge in [0.1, 0.15) is 0 Å². The molecule has 0 spiro atoms. The number of hydrogen-bond donors (Lipinski definition) is 1. The topological polar surface area (TPSA) is 48.2 Å². The summed E-state index contributed by atoms with van der Waals surface area (Å²) in [5.41, 5.74) is 2.09. The summed E-state index contributed by atoms with van der Waals surface area (Å²) in [5.74, 6) is 0. The number of rotatable bonds is 2. The minimum atomic E-state index is -0.161. The van der Waals surface area contributed by atoms with Crippen molar-refractivity contribution in [1.82, 2.24) is 5.01 Å². The number of hydrogen-bond acceptors (Lipinski definition) is 3. The molecule has 1 heterocycles. The lowest BCUT2D eigenvalue weighted by atomic mass is 10.1. The summed E-state index contributed by atoms with van der Waals surface area (Å²) in [6.45, 7) is 3.63. The van der Waals surface area contributed by atoms with Crippen LogP contribution in [0.1, 0.15) is 18.4 Å². The van der Waals surface area contributed by atoms with E-state index in [1.54, 1.807) is 0 Å². The second-order valence-corrected chi connectivity index (χ2v) is 4.21. The molecule has 0 unspecified atom stereocenters. The quantitative estimate of drug-likeness (QED) is 0.777. The highest BCUT2D eigenvalue weighted by Gasteiger charge is 2.15. The Balaban J connectivity index is 1.91. The third kappa shape index (κ3) is 3.03. The van der Waals surface area contributed by atoms with Crippen molar-refractivity contribution in [1.29, 1.82) is 0 Å². The van der Waals surface area contributed by atoms with E-state index < -0.39 is 0 Å². The summed E-state index contributed by atoms with van der Waals surface area (Å²) >= 11 is 0. The molecule has 1 fully saturated rings. The Morgan fingerprint density at radius 2 is 1.81 bits per heavy atom. The Morgan fingerprint density at radius 3 is 2.44 bits per heavy atom. The molecule has 0 radical (unpaired) electrons. The summed E-state index contributed by atoms with van der Waals surface area (Å²) < 4.78 is 0. The van der Waals surface area contributed by atoms with Crippen LogP contribution in [0, 0.1) is 6.92 Å². The monoisotopic (exact) mass is 219 g/mol. The zero-order chi connectivity index (χ0) is 11.4. The fourth-order valence-corrected chi connectivity index (χ4v) is 1.67. The first-order valence-electron chi connectivity index (χ1n) is 5.65. The maximum Gasteiger partial charge on any atom is 0.0874 e. The number of aryl methyl sites for hydroxylation is 1. The minimum absolute atomic E-state index is 0.161. The van der Waals surface area contributed by atoms with Crippen LogP contribution in [0.25, 0.3) is 0 Å². The summed E-state index contributed by atoms with van der Waals surface area (Å²) in [4.78, 5) is 0. The van der Waals surface area contributed by atoms with Crippen molar-refractivity contribution in [2.45, 2.75) is 25.9 Å². The van der Waals surface area contributed by atoms with E-state index in [0.29, 0.717) is 0 Å². The maximum absolute atomic E-state index is 9.34. The molecule has 0 aliphatic carbocycles.